The van der Waals surface area contributed by atoms with Gasteiger partial charge >= 0.3 is 0 Å². The molecule has 0 amide bonds. The molecular weight excluding hydrogens is 164 g/mol. The molecule has 0 aromatic heterocycles. The van der Waals surface area contributed by atoms with Crippen molar-refractivity contribution in [2.24, 2.45) is 5.41 Å². The third-order valence-electron chi connectivity index (χ3n) is 4.41. The van der Waals surface area contributed by atoms with Gasteiger partial charge in [-0.3, -0.25) is 0 Å². The van der Waals surface area contributed by atoms with Crippen molar-refractivity contribution in [3.63, 3.8) is 0 Å². The molecule has 3 fully saturated rings. The summed E-state index contributed by atoms with van der Waals surface area (Å²) in [5.74, 6) is 0. The molecule has 1 N–H and O–H groups in total. The SMILES string of the molecule is COC12CCC(CCO)(CC1)CC2. The summed E-state index contributed by atoms with van der Waals surface area (Å²) in [6.45, 7) is 0.361. The van der Waals surface area contributed by atoms with Crippen molar-refractivity contribution in [2.45, 2.75) is 50.5 Å². The maximum absolute atomic E-state index is 9.02. The van der Waals surface area contributed by atoms with E-state index in [0.717, 1.165) is 6.42 Å². The molecule has 3 rings (SSSR count). The molecule has 13 heavy (non-hydrogen) atoms. The number of hydrogen-bond acceptors (Lipinski definition) is 2. The Morgan fingerprint density at radius 3 is 2.00 bits per heavy atom. The van der Waals surface area contributed by atoms with E-state index in [4.69, 9.17) is 9.84 Å². The van der Waals surface area contributed by atoms with Crippen molar-refractivity contribution < 1.29 is 9.84 Å². The van der Waals surface area contributed by atoms with Crippen LogP contribution < -0.4 is 0 Å². The van der Waals surface area contributed by atoms with Crippen molar-refractivity contribution in [3.8, 4) is 0 Å². The van der Waals surface area contributed by atoms with Gasteiger partial charge in [0.05, 0.1) is 5.60 Å². The van der Waals surface area contributed by atoms with Crippen molar-refractivity contribution in [1.29, 1.82) is 0 Å². The number of aliphatic hydroxyl groups excluding tert-OH is 1. The lowest BCUT2D eigenvalue weighted by Gasteiger charge is -2.52. The first-order valence-electron chi connectivity index (χ1n) is 5.40. The third kappa shape index (κ3) is 1.50. The lowest BCUT2D eigenvalue weighted by Crippen LogP contribution is -2.47. The fourth-order valence-corrected chi connectivity index (χ4v) is 3.15. The standard InChI is InChI=1S/C11H20O2/c1-13-11-5-2-10(3-6-11,4-7-11)8-9-12/h12H,2-9H2,1H3. The lowest BCUT2D eigenvalue weighted by atomic mass is 9.57. The Balaban J connectivity index is 2.03. The number of fused-ring (bicyclic) bond motifs is 3. The minimum absolute atomic E-state index is 0.219. The van der Waals surface area contributed by atoms with E-state index in [9.17, 15) is 0 Å². The van der Waals surface area contributed by atoms with Gasteiger partial charge in [-0.25, -0.2) is 0 Å². The number of rotatable bonds is 3. The summed E-state index contributed by atoms with van der Waals surface area (Å²) >= 11 is 0. The molecule has 0 aliphatic heterocycles. The molecule has 2 nitrogen and oxygen atoms in total. The molecular formula is C11H20O2. The summed E-state index contributed by atoms with van der Waals surface area (Å²) in [6.07, 6.45) is 8.44. The van der Waals surface area contributed by atoms with Gasteiger partial charge in [-0.1, -0.05) is 0 Å². The quantitative estimate of drug-likeness (QED) is 0.728. The highest BCUT2D eigenvalue weighted by Crippen LogP contribution is 2.55. The van der Waals surface area contributed by atoms with E-state index >= 15 is 0 Å². The van der Waals surface area contributed by atoms with Gasteiger partial charge in [0.25, 0.3) is 0 Å². The fourth-order valence-electron chi connectivity index (χ4n) is 3.15. The summed E-state index contributed by atoms with van der Waals surface area (Å²) in [7, 11) is 1.85. The molecule has 2 heteroatoms. The van der Waals surface area contributed by atoms with Crippen LogP contribution >= 0.6 is 0 Å². The summed E-state index contributed by atoms with van der Waals surface area (Å²) < 4.78 is 5.63. The zero-order valence-corrected chi connectivity index (χ0v) is 8.51. The smallest absolute Gasteiger partial charge is 0.0679 e. The number of methoxy groups -OCH3 is 1. The molecule has 0 atom stereocenters. The monoisotopic (exact) mass is 184 g/mol. The number of hydrogen-bond donors (Lipinski definition) is 1. The largest absolute Gasteiger partial charge is 0.396 e. The Bertz CT molecular complexity index is 164. The normalized spacial score (nSPS) is 43.8. The predicted molar refractivity (Wildman–Crippen MR) is 51.6 cm³/mol. The van der Waals surface area contributed by atoms with E-state index in [2.05, 4.69) is 0 Å². The lowest BCUT2D eigenvalue weighted by molar-refractivity contribution is -0.121. The second kappa shape index (κ2) is 3.25. The molecule has 0 aromatic rings. The highest BCUT2D eigenvalue weighted by molar-refractivity contribution is 5.00. The zero-order chi connectivity index (χ0) is 9.36. The Labute approximate surface area is 80.3 Å². The molecule has 0 heterocycles. The van der Waals surface area contributed by atoms with Crippen LogP contribution in [0.2, 0.25) is 0 Å². The molecule has 2 bridgehead atoms. The van der Waals surface area contributed by atoms with Crippen LogP contribution in [-0.4, -0.2) is 24.4 Å². The molecule has 0 spiro atoms. The van der Waals surface area contributed by atoms with Crippen LogP contribution in [0.3, 0.4) is 0 Å². The van der Waals surface area contributed by atoms with Gasteiger partial charge < -0.3 is 9.84 Å². The predicted octanol–water partition coefficient (Wildman–Crippen LogP) is 2.11. The molecule has 0 saturated heterocycles. The van der Waals surface area contributed by atoms with Gasteiger partial charge in [-0.15, -0.1) is 0 Å². The first kappa shape index (κ1) is 9.47. The van der Waals surface area contributed by atoms with Crippen LogP contribution in [0.15, 0.2) is 0 Å². The van der Waals surface area contributed by atoms with E-state index < -0.39 is 0 Å². The van der Waals surface area contributed by atoms with Crippen LogP contribution in [0.4, 0.5) is 0 Å². The second-order valence-corrected chi connectivity index (χ2v) is 4.86. The van der Waals surface area contributed by atoms with Crippen molar-refractivity contribution in [2.75, 3.05) is 13.7 Å². The maximum Gasteiger partial charge on any atom is 0.0679 e. The average Bonchev–Trinajstić information content (AvgIpc) is 2.21. The molecule has 0 aromatic carbocycles. The van der Waals surface area contributed by atoms with Crippen LogP contribution in [-0.2, 0) is 4.74 Å². The van der Waals surface area contributed by atoms with Crippen LogP contribution in [0.25, 0.3) is 0 Å². The fraction of sp³-hybridized carbons (Fsp3) is 1.00. The van der Waals surface area contributed by atoms with Crippen molar-refractivity contribution >= 4 is 0 Å². The molecule has 0 unspecified atom stereocenters. The zero-order valence-electron chi connectivity index (χ0n) is 8.51. The van der Waals surface area contributed by atoms with Gasteiger partial charge in [0.2, 0.25) is 0 Å². The molecule has 3 aliphatic rings. The number of ether oxygens (including phenoxy) is 1. The average molecular weight is 184 g/mol. The highest BCUT2D eigenvalue weighted by atomic mass is 16.5. The Morgan fingerprint density at radius 1 is 1.08 bits per heavy atom. The van der Waals surface area contributed by atoms with Gasteiger partial charge in [-0.05, 0) is 50.4 Å². The van der Waals surface area contributed by atoms with Gasteiger partial charge in [-0.2, -0.15) is 0 Å². The van der Waals surface area contributed by atoms with E-state index in [0.29, 0.717) is 12.0 Å². The van der Waals surface area contributed by atoms with E-state index in [1.54, 1.807) is 0 Å². The van der Waals surface area contributed by atoms with E-state index in [1.807, 2.05) is 7.11 Å². The maximum atomic E-state index is 9.02. The van der Waals surface area contributed by atoms with Gasteiger partial charge in [0.15, 0.2) is 0 Å². The van der Waals surface area contributed by atoms with Crippen molar-refractivity contribution in [3.05, 3.63) is 0 Å². The summed E-state index contributed by atoms with van der Waals surface area (Å²) in [6, 6.07) is 0. The van der Waals surface area contributed by atoms with Crippen LogP contribution in [0.5, 0.6) is 0 Å². The van der Waals surface area contributed by atoms with Gasteiger partial charge in [0, 0.05) is 13.7 Å². The first-order chi connectivity index (χ1) is 6.24. The minimum atomic E-state index is 0.219. The topological polar surface area (TPSA) is 29.5 Å². The minimum Gasteiger partial charge on any atom is -0.396 e. The second-order valence-electron chi connectivity index (χ2n) is 4.86. The Kier molecular flexibility index (Phi) is 2.37. The van der Waals surface area contributed by atoms with E-state index in [1.165, 1.54) is 38.5 Å². The molecule has 3 aliphatic carbocycles. The summed E-state index contributed by atoms with van der Waals surface area (Å²) in [5, 5.41) is 9.02. The Hall–Kier alpha value is -0.0800. The van der Waals surface area contributed by atoms with Crippen LogP contribution in [0.1, 0.15) is 44.9 Å². The molecule has 0 radical (unpaired) electrons. The van der Waals surface area contributed by atoms with Gasteiger partial charge in [0.1, 0.15) is 0 Å². The Morgan fingerprint density at radius 2 is 1.62 bits per heavy atom. The third-order valence-corrected chi connectivity index (χ3v) is 4.41. The number of aliphatic hydroxyl groups is 1. The molecule has 76 valence electrons. The first-order valence-corrected chi connectivity index (χ1v) is 5.40. The van der Waals surface area contributed by atoms with Crippen LogP contribution in [0, 0.1) is 5.41 Å². The van der Waals surface area contributed by atoms with Crippen molar-refractivity contribution in [1.82, 2.24) is 0 Å². The highest BCUT2D eigenvalue weighted by Gasteiger charge is 2.48. The summed E-state index contributed by atoms with van der Waals surface area (Å²) in [5.41, 5.74) is 0.701. The van der Waals surface area contributed by atoms with E-state index in [-0.39, 0.29) is 5.60 Å². The molecule has 3 saturated carbocycles. The summed E-state index contributed by atoms with van der Waals surface area (Å²) in [4.78, 5) is 0.